The first kappa shape index (κ1) is 38.9. The molecule has 0 saturated heterocycles. The number of carboxylic acids is 1. The number of carbonyl (C=O) groups is 1. The summed E-state index contributed by atoms with van der Waals surface area (Å²) in [4.78, 5) is 13.1. The van der Waals surface area contributed by atoms with E-state index in [9.17, 15) is 15.0 Å². The largest absolute Gasteiger partial charge is 0.493 e. The van der Waals surface area contributed by atoms with Crippen LogP contribution in [0, 0.1) is 0 Å². The molecule has 2 aromatic heterocycles. The van der Waals surface area contributed by atoms with Gasteiger partial charge in [-0.3, -0.25) is 4.68 Å². The molecular weight excluding hydrogens is 707 g/mol. The van der Waals surface area contributed by atoms with Gasteiger partial charge < -0.3 is 39.6 Å². The molecule has 4 N–H and O–H groups in total. The SMILES string of the molecule is Cn1nc(COc2ccc(NCCNCCC(C)(C)O)cc2)c2c1COCCCCn1c(C(=O)O)c(CCCOc3cccc4ccccc34)c3cccc-2c31. The average molecular weight is 760 g/mol. The maximum atomic E-state index is 13.1. The fourth-order valence-electron chi connectivity index (χ4n) is 7.63. The number of fused-ring (bicyclic) bond motifs is 3. The van der Waals surface area contributed by atoms with Crippen molar-refractivity contribution in [3.8, 4) is 22.6 Å². The van der Waals surface area contributed by atoms with Crippen LogP contribution in [0.3, 0.4) is 0 Å². The smallest absolute Gasteiger partial charge is 0.352 e. The number of aromatic carboxylic acids is 1. The summed E-state index contributed by atoms with van der Waals surface area (Å²) in [6.45, 7) is 8.12. The number of carboxylic acid groups (broad SMARTS) is 1. The van der Waals surface area contributed by atoms with Crippen LogP contribution in [0.4, 0.5) is 5.69 Å². The lowest BCUT2D eigenvalue weighted by Gasteiger charge is -2.17. The number of para-hydroxylation sites is 1. The molecule has 294 valence electrons. The minimum Gasteiger partial charge on any atom is -0.493 e. The number of hydrogen-bond acceptors (Lipinski definition) is 8. The molecule has 7 rings (SSSR count). The summed E-state index contributed by atoms with van der Waals surface area (Å²) >= 11 is 0. The summed E-state index contributed by atoms with van der Waals surface area (Å²) in [5.41, 5.74) is 5.89. The van der Waals surface area contributed by atoms with Crippen LogP contribution >= 0.6 is 0 Å². The Kier molecular flexibility index (Phi) is 12.2. The Hall–Kier alpha value is -5.36. The van der Waals surface area contributed by atoms with Crippen molar-refractivity contribution in [1.29, 1.82) is 0 Å². The fourth-order valence-corrected chi connectivity index (χ4v) is 7.63. The number of hydrogen-bond donors (Lipinski definition) is 4. The van der Waals surface area contributed by atoms with E-state index in [1.807, 2.05) is 90.8 Å². The topological polar surface area (TPSA) is 132 Å². The van der Waals surface area contributed by atoms with Gasteiger partial charge in [-0.05, 0) is 93.8 Å². The van der Waals surface area contributed by atoms with Crippen LogP contribution < -0.4 is 20.1 Å². The molecule has 6 aromatic rings. The molecule has 0 radical (unpaired) electrons. The van der Waals surface area contributed by atoms with Crippen molar-refractivity contribution in [1.82, 2.24) is 19.7 Å². The van der Waals surface area contributed by atoms with Crippen molar-refractivity contribution in [2.24, 2.45) is 7.05 Å². The molecule has 0 aliphatic carbocycles. The van der Waals surface area contributed by atoms with Gasteiger partial charge >= 0.3 is 5.97 Å². The summed E-state index contributed by atoms with van der Waals surface area (Å²) < 4.78 is 22.7. The van der Waals surface area contributed by atoms with Crippen LogP contribution in [0.15, 0.2) is 84.9 Å². The highest BCUT2D eigenvalue weighted by atomic mass is 16.5. The Morgan fingerprint density at radius 3 is 2.54 bits per heavy atom. The molecule has 11 nitrogen and oxygen atoms in total. The molecule has 11 heteroatoms. The highest BCUT2D eigenvalue weighted by Gasteiger charge is 2.28. The van der Waals surface area contributed by atoms with Crippen LogP contribution in [-0.4, -0.2) is 69.0 Å². The van der Waals surface area contributed by atoms with E-state index < -0.39 is 11.6 Å². The molecule has 0 bridgehead atoms. The van der Waals surface area contributed by atoms with Gasteiger partial charge in [0.05, 0.1) is 30.0 Å². The maximum Gasteiger partial charge on any atom is 0.352 e. The minimum absolute atomic E-state index is 0.225. The average Bonchev–Trinajstić information content (AvgIpc) is 3.67. The molecule has 0 amide bonds. The summed E-state index contributed by atoms with van der Waals surface area (Å²) in [6, 6.07) is 28.2. The van der Waals surface area contributed by atoms with Gasteiger partial charge in [-0.1, -0.05) is 54.6 Å². The quantitative estimate of drug-likeness (QED) is 0.0726. The summed E-state index contributed by atoms with van der Waals surface area (Å²) in [7, 11) is 1.93. The first-order chi connectivity index (χ1) is 27.2. The van der Waals surface area contributed by atoms with Gasteiger partial charge in [0.2, 0.25) is 0 Å². The molecule has 3 heterocycles. The van der Waals surface area contributed by atoms with E-state index in [4.69, 9.17) is 19.3 Å². The second kappa shape index (κ2) is 17.6. The predicted molar refractivity (Wildman–Crippen MR) is 221 cm³/mol. The highest BCUT2D eigenvalue weighted by molar-refractivity contribution is 6.04. The number of aromatic nitrogens is 3. The Labute approximate surface area is 328 Å². The minimum atomic E-state index is -0.932. The standard InChI is InChI=1S/C45H53N5O6/c1-45(2,53)22-23-46-24-25-47-32-18-20-33(21-19-32)56-29-38-41-37-15-9-14-35-36(16-10-28-55-40-17-8-12-31-11-4-5-13-34(31)40)43(44(51)52)50(42(35)37)26-6-7-27-54-30-39(41)49(3)48-38/h4-5,8-9,11-15,17-21,46-47,53H,6-7,10,16,22-30H2,1-3H3,(H,51,52). The van der Waals surface area contributed by atoms with E-state index in [0.29, 0.717) is 57.1 Å². The molecular formula is C45H53N5O6. The van der Waals surface area contributed by atoms with E-state index in [1.165, 1.54) is 0 Å². The van der Waals surface area contributed by atoms with Gasteiger partial charge in [0.25, 0.3) is 0 Å². The zero-order chi connectivity index (χ0) is 39.1. The number of ether oxygens (including phenoxy) is 3. The monoisotopic (exact) mass is 759 g/mol. The number of aliphatic hydroxyl groups is 1. The lowest BCUT2D eigenvalue weighted by atomic mass is 9.98. The Morgan fingerprint density at radius 1 is 0.929 bits per heavy atom. The van der Waals surface area contributed by atoms with Gasteiger partial charge in [-0.25, -0.2) is 4.79 Å². The first-order valence-electron chi connectivity index (χ1n) is 19.7. The third-order valence-electron chi connectivity index (χ3n) is 10.4. The van der Waals surface area contributed by atoms with Gasteiger partial charge in [-0.2, -0.15) is 5.10 Å². The number of nitrogens with zero attached hydrogens (tertiary/aromatic N) is 3. The van der Waals surface area contributed by atoms with Gasteiger partial charge in [0.1, 0.15) is 29.5 Å². The molecule has 0 fully saturated rings. The van der Waals surface area contributed by atoms with Gasteiger partial charge in [0.15, 0.2) is 0 Å². The van der Waals surface area contributed by atoms with Crippen molar-refractivity contribution in [2.75, 3.05) is 38.2 Å². The molecule has 4 aromatic carbocycles. The summed E-state index contributed by atoms with van der Waals surface area (Å²) in [6.07, 6.45) is 3.51. The maximum absolute atomic E-state index is 13.1. The van der Waals surface area contributed by atoms with Crippen molar-refractivity contribution in [3.05, 3.63) is 108 Å². The first-order valence-corrected chi connectivity index (χ1v) is 19.7. The van der Waals surface area contributed by atoms with E-state index >= 15 is 0 Å². The van der Waals surface area contributed by atoms with Crippen LogP contribution in [-0.2, 0) is 38.0 Å². The van der Waals surface area contributed by atoms with Crippen LogP contribution in [0.5, 0.6) is 11.5 Å². The zero-order valence-corrected chi connectivity index (χ0v) is 32.6. The Balaban J connectivity index is 1.13. The highest BCUT2D eigenvalue weighted by Crippen LogP contribution is 2.39. The molecule has 1 aliphatic heterocycles. The van der Waals surface area contributed by atoms with Crippen LogP contribution in [0.1, 0.15) is 67.0 Å². The third kappa shape index (κ3) is 9.02. The number of benzene rings is 4. The second-order valence-electron chi connectivity index (χ2n) is 15.1. The third-order valence-corrected chi connectivity index (χ3v) is 10.4. The number of nitrogens with one attached hydrogen (secondary N) is 2. The van der Waals surface area contributed by atoms with Crippen molar-refractivity contribution < 1.29 is 29.2 Å². The van der Waals surface area contributed by atoms with Crippen molar-refractivity contribution in [2.45, 2.75) is 71.3 Å². The summed E-state index contributed by atoms with van der Waals surface area (Å²) in [5, 5.41) is 35.5. The number of anilines is 1. The molecule has 0 atom stereocenters. The molecule has 0 saturated carbocycles. The lowest BCUT2D eigenvalue weighted by Crippen LogP contribution is -2.29. The fraction of sp³-hybridized carbons (Fsp3) is 0.378. The van der Waals surface area contributed by atoms with E-state index in [1.54, 1.807) is 0 Å². The lowest BCUT2D eigenvalue weighted by molar-refractivity contribution is 0.0681. The van der Waals surface area contributed by atoms with E-state index in [-0.39, 0.29) is 6.61 Å². The van der Waals surface area contributed by atoms with Crippen LogP contribution in [0.25, 0.3) is 32.8 Å². The molecule has 1 aliphatic rings. The molecule has 0 spiro atoms. The van der Waals surface area contributed by atoms with Crippen LogP contribution in [0.2, 0.25) is 0 Å². The van der Waals surface area contributed by atoms with Crippen molar-refractivity contribution in [3.63, 3.8) is 0 Å². The van der Waals surface area contributed by atoms with E-state index in [0.717, 1.165) is 93.7 Å². The van der Waals surface area contributed by atoms with Gasteiger partial charge in [-0.15, -0.1) is 0 Å². The Morgan fingerprint density at radius 2 is 1.71 bits per heavy atom. The summed E-state index contributed by atoms with van der Waals surface area (Å²) in [5.74, 6) is 0.615. The second-order valence-corrected chi connectivity index (χ2v) is 15.1. The number of rotatable bonds is 16. The van der Waals surface area contributed by atoms with E-state index in [2.05, 4.69) is 34.9 Å². The predicted octanol–water partition coefficient (Wildman–Crippen LogP) is 7.96. The van der Waals surface area contributed by atoms with Crippen molar-refractivity contribution >= 4 is 33.3 Å². The van der Waals surface area contributed by atoms with Gasteiger partial charge in [0, 0.05) is 60.9 Å². The normalized spacial score (nSPS) is 13.4. The molecule has 0 unspecified atom stereocenters. The zero-order valence-electron chi connectivity index (χ0n) is 32.6. The number of aryl methyl sites for hydroxylation is 3. The molecule has 56 heavy (non-hydrogen) atoms. The Bertz CT molecular complexity index is 2260.